The number of fused-ring (bicyclic) bond motifs is 1. The van der Waals surface area contributed by atoms with E-state index in [0.717, 1.165) is 16.7 Å². The van der Waals surface area contributed by atoms with Crippen LogP contribution < -0.4 is 5.32 Å². The van der Waals surface area contributed by atoms with Crippen molar-refractivity contribution in [2.24, 2.45) is 0 Å². The van der Waals surface area contributed by atoms with Gasteiger partial charge in [0.05, 0.1) is 6.26 Å². The van der Waals surface area contributed by atoms with Crippen molar-refractivity contribution in [3.63, 3.8) is 0 Å². The van der Waals surface area contributed by atoms with E-state index in [9.17, 15) is 4.79 Å². The number of hydrogen-bond donors (Lipinski definition) is 1. The van der Waals surface area contributed by atoms with Crippen LogP contribution in [-0.4, -0.2) is 10.9 Å². The van der Waals surface area contributed by atoms with Crippen molar-refractivity contribution in [2.75, 3.05) is 5.32 Å². The second-order valence-electron chi connectivity index (χ2n) is 5.41. The molecule has 5 heteroatoms. The van der Waals surface area contributed by atoms with Gasteiger partial charge in [0.15, 0.2) is 5.58 Å². The average Bonchev–Trinajstić information content (AvgIpc) is 3.29. The number of benzene rings is 2. The Bertz CT molecular complexity index is 1010. The summed E-state index contributed by atoms with van der Waals surface area (Å²) in [5.41, 5.74) is 2.99. The largest absolute Gasteiger partial charge is 0.465 e. The minimum absolute atomic E-state index is 0.244. The number of amides is 1. The van der Waals surface area contributed by atoms with Crippen LogP contribution in [0.15, 0.2) is 81.8 Å². The Hall–Kier alpha value is -3.60. The molecular weight excluding hydrogens is 316 g/mol. The van der Waals surface area contributed by atoms with E-state index in [1.165, 1.54) is 6.08 Å². The van der Waals surface area contributed by atoms with Crippen molar-refractivity contribution in [1.82, 2.24) is 4.98 Å². The molecule has 122 valence electrons. The van der Waals surface area contributed by atoms with Crippen molar-refractivity contribution in [2.45, 2.75) is 0 Å². The highest BCUT2D eigenvalue weighted by Gasteiger charge is 2.08. The van der Waals surface area contributed by atoms with Crippen LogP contribution in [0.2, 0.25) is 0 Å². The lowest BCUT2D eigenvalue weighted by atomic mass is 10.2. The van der Waals surface area contributed by atoms with E-state index in [1.807, 2.05) is 48.5 Å². The first-order valence-corrected chi connectivity index (χ1v) is 7.76. The number of aromatic nitrogens is 1. The fraction of sp³-hybridized carbons (Fsp3) is 0. The number of anilines is 1. The summed E-state index contributed by atoms with van der Waals surface area (Å²) in [6.07, 6.45) is 4.59. The third-order valence-electron chi connectivity index (χ3n) is 3.61. The molecule has 0 unspecified atom stereocenters. The summed E-state index contributed by atoms with van der Waals surface area (Å²) in [5, 5.41) is 2.81. The highest BCUT2D eigenvalue weighted by atomic mass is 16.3. The molecule has 2 aromatic heterocycles. The summed E-state index contributed by atoms with van der Waals surface area (Å²) in [7, 11) is 0. The molecule has 0 aliphatic carbocycles. The summed E-state index contributed by atoms with van der Waals surface area (Å²) < 4.78 is 10.9. The average molecular weight is 330 g/mol. The predicted octanol–water partition coefficient (Wildman–Crippen LogP) is 4.74. The van der Waals surface area contributed by atoms with E-state index >= 15 is 0 Å². The molecule has 0 aliphatic rings. The molecule has 0 atom stereocenters. The highest BCUT2D eigenvalue weighted by molar-refractivity contribution is 6.02. The number of oxazole rings is 1. The molecule has 4 aromatic rings. The number of furan rings is 1. The molecule has 0 saturated heterocycles. The van der Waals surface area contributed by atoms with Crippen LogP contribution in [0.5, 0.6) is 0 Å². The molecule has 0 radical (unpaired) electrons. The Morgan fingerprint density at radius 3 is 2.80 bits per heavy atom. The maximum atomic E-state index is 12.0. The van der Waals surface area contributed by atoms with Gasteiger partial charge in [0.25, 0.3) is 0 Å². The lowest BCUT2D eigenvalue weighted by molar-refractivity contribution is -0.111. The number of nitrogens with one attached hydrogen (secondary N) is 1. The second-order valence-corrected chi connectivity index (χ2v) is 5.41. The first kappa shape index (κ1) is 15.0. The number of hydrogen-bond acceptors (Lipinski definition) is 4. The number of para-hydroxylation sites is 2. The normalized spacial score (nSPS) is 11.2. The fourth-order valence-electron chi connectivity index (χ4n) is 2.45. The molecule has 1 N–H and O–H groups in total. The van der Waals surface area contributed by atoms with Gasteiger partial charge in [-0.05, 0) is 48.5 Å². The first-order chi connectivity index (χ1) is 12.3. The smallest absolute Gasteiger partial charge is 0.248 e. The molecule has 2 aromatic carbocycles. The van der Waals surface area contributed by atoms with Gasteiger partial charge in [0, 0.05) is 17.3 Å². The molecule has 0 spiro atoms. The van der Waals surface area contributed by atoms with Gasteiger partial charge in [0.2, 0.25) is 11.8 Å². The van der Waals surface area contributed by atoms with Crippen LogP contribution in [0.1, 0.15) is 5.76 Å². The van der Waals surface area contributed by atoms with Crippen LogP contribution in [0, 0.1) is 0 Å². The lowest BCUT2D eigenvalue weighted by Crippen LogP contribution is -2.07. The van der Waals surface area contributed by atoms with Gasteiger partial charge in [-0.25, -0.2) is 4.98 Å². The summed E-state index contributed by atoms with van der Waals surface area (Å²) in [6.45, 7) is 0. The maximum Gasteiger partial charge on any atom is 0.248 e. The zero-order valence-corrected chi connectivity index (χ0v) is 13.2. The van der Waals surface area contributed by atoms with Gasteiger partial charge in [-0.2, -0.15) is 0 Å². The van der Waals surface area contributed by atoms with Crippen LogP contribution >= 0.6 is 0 Å². The van der Waals surface area contributed by atoms with E-state index < -0.39 is 0 Å². The molecule has 25 heavy (non-hydrogen) atoms. The number of rotatable bonds is 4. The maximum absolute atomic E-state index is 12.0. The summed E-state index contributed by atoms with van der Waals surface area (Å²) in [6, 6.07) is 18.5. The molecule has 0 aliphatic heterocycles. The zero-order chi connectivity index (χ0) is 17.1. The van der Waals surface area contributed by atoms with Crippen molar-refractivity contribution in [3.05, 3.63) is 78.8 Å². The summed E-state index contributed by atoms with van der Waals surface area (Å²) in [4.78, 5) is 16.5. The third-order valence-corrected chi connectivity index (χ3v) is 3.61. The molecule has 2 heterocycles. The summed E-state index contributed by atoms with van der Waals surface area (Å²) in [5.74, 6) is 0.893. The van der Waals surface area contributed by atoms with Crippen LogP contribution in [0.3, 0.4) is 0 Å². The standard InChI is InChI=1S/C20H14N2O3/c23-19(11-10-16-7-4-12-24-16)21-15-6-3-5-14(13-15)20-22-17-8-1-2-9-18(17)25-20/h1-13H,(H,21,23)/b11-10-. The van der Waals surface area contributed by atoms with Crippen molar-refractivity contribution < 1.29 is 13.6 Å². The molecule has 4 rings (SSSR count). The first-order valence-electron chi connectivity index (χ1n) is 7.76. The van der Waals surface area contributed by atoms with Crippen LogP contribution in [-0.2, 0) is 4.79 Å². The van der Waals surface area contributed by atoms with E-state index in [-0.39, 0.29) is 5.91 Å². The highest BCUT2D eigenvalue weighted by Crippen LogP contribution is 2.26. The molecular formula is C20H14N2O3. The Labute approximate surface area is 143 Å². The van der Waals surface area contributed by atoms with Crippen molar-refractivity contribution in [3.8, 4) is 11.5 Å². The van der Waals surface area contributed by atoms with Gasteiger partial charge in [-0.3, -0.25) is 4.79 Å². The van der Waals surface area contributed by atoms with Crippen molar-refractivity contribution >= 4 is 28.8 Å². The van der Waals surface area contributed by atoms with E-state index in [4.69, 9.17) is 8.83 Å². The SMILES string of the molecule is O=C(/C=C\c1ccco1)Nc1cccc(-c2nc3ccccc3o2)c1. The second kappa shape index (κ2) is 6.49. The minimum Gasteiger partial charge on any atom is -0.465 e. The Kier molecular flexibility index (Phi) is 3.88. The Morgan fingerprint density at radius 2 is 1.96 bits per heavy atom. The van der Waals surface area contributed by atoms with Gasteiger partial charge in [0.1, 0.15) is 11.3 Å². The number of nitrogens with zero attached hydrogens (tertiary/aromatic N) is 1. The molecule has 5 nitrogen and oxygen atoms in total. The molecule has 1 amide bonds. The van der Waals surface area contributed by atoms with Gasteiger partial charge in [-0.1, -0.05) is 18.2 Å². The monoisotopic (exact) mass is 330 g/mol. The molecule has 0 saturated carbocycles. The number of carbonyl (C=O) groups is 1. The van der Waals surface area contributed by atoms with Crippen LogP contribution in [0.4, 0.5) is 5.69 Å². The Balaban J connectivity index is 1.54. The molecule has 0 bridgehead atoms. The lowest BCUT2D eigenvalue weighted by Gasteiger charge is -2.03. The van der Waals surface area contributed by atoms with Crippen LogP contribution in [0.25, 0.3) is 28.6 Å². The van der Waals surface area contributed by atoms with E-state index in [0.29, 0.717) is 17.3 Å². The van der Waals surface area contributed by atoms with Gasteiger partial charge < -0.3 is 14.2 Å². The van der Waals surface area contributed by atoms with E-state index in [1.54, 1.807) is 24.5 Å². The fourth-order valence-corrected chi connectivity index (χ4v) is 2.45. The quantitative estimate of drug-likeness (QED) is 0.549. The Morgan fingerprint density at radius 1 is 1.04 bits per heavy atom. The van der Waals surface area contributed by atoms with Crippen molar-refractivity contribution in [1.29, 1.82) is 0 Å². The minimum atomic E-state index is -0.244. The van der Waals surface area contributed by atoms with Gasteiger partial charge in [-0.15, -0.1) is 0 Å². The zero-order valence-electron chi connectivity index (χ0n) is 13.2. The van der Waals surface area contributed by atoms with Gasteiger partial charge >= 0.3 is 0 Å². The van der Waals surface area contributed by atoms with E-state index in [2.05, 4.69) is 10.3 Å². The predicted molar refractivity (Wildman–Crippen MR) is 95.8 cm³/mol. The topological polar surface area (TPSA) is 68.3 Å². The molecule has 0 fully saturated rings. The third kappa shape index (κ3) is 3.35. The number of carbonyl (C=O) groups excluding carboxylic acids is 1. The summed E-state index contributed by atoms with van der Waals surface area (Å²) >= 11 is 0.